The van der Waals surface area contributed by atoms with Crippen molar-refractivity contribution in [2.75, 3.05) is 37.7 Å². The third kappa shape index (κ3) is 4.80. The lowest BCUT2D eigenvalue weighted by molar-refractivity contribution is 0.282. The minimum absolute atomic E-state index is 0.794. The molecule has 2 aliphatic heterocycles. The Balaban J connectivity index is 1.63. The predicted molar refractivity (Wildman–Crippen MR) is 77.8 cm³/mol. The first-order valence-electron chi connectivity index (χ1n) is 7.42. The van der Waals surface area contributed by atoms with Gasteiger partial charge in [-0.25, -0.2) is 0 Å². The Morgan fingerprint density at radius 3 is 2.94 bits per heavy atom. The second-order valence-electron chi connectivity index (χ2n) is 5.61. The van der Waals surface area contributed by atoms with Gasteiger partial charge in [-0.05, 0) is 75.7 Å². The van der Waals surface area contributed by atoms with E-state index in [0.29, 0.717) is 0 Å². The van der Waals surface area contributed by atoms with Crippen LogP contribution in [0.15, 0.2) is 0 Å². The Hall–Kier alpha value is 0.270. The van der Waals surface area contributed by atoms with Crippen LogP contribution >= 0.6 is 11.8 Å². The second-order valence-corrected chi connectivity index (χ2v) is 6.76. The zero-order valence-corrected chi connectivity index (χ0v) is 12.1. The molecule has 0 saturated carbocycles. The lowest BCUT2D eigenvalue weighted by atomic mass is 10.1. The van der Waals surface area contributed by atoms with Crippen molar-refractivity contribution in [1.29, 1.82) is 0 Å². The molecule has 2 atom stereocenters. The van der Waals surface area contributed by atoms with Gasteiger partial charge in [0.1, 0.15) is 0 Å². The highest BCUT2D eigenvalue weighted by molar-refractivity contribution is 7.99. The largest absolute Gasteiger partial charge is 0.314 e. The Kier molecular flexibility index (Phi) is 6.16. The van der Waals surface area contributed by atoms with Gasteiger partial charge in [-0.1, -0.05) is 6.92 Å². The Labute approximate surface area is 111 Å². The molecule has 0 bridgehead atoms. The summed E-state index contributed by atoms with van der Waals surface area (Å²) in [6.45, 7) is 7.49. The SMILES string of the molecule is CCCN1CCCC(NCC2CCSC2)CC1. The Morgan fingerprint density at radius 1 is 1.24 bits per heavy atom. The van der Waals surface area contributed by atoms with Gasteiger partial charge in [0.05, 0.1) is 0 Å². The minimum atomic E-state index is 0.794. The summed E-state index contributed by atoms with van der Waals surface area (Å²) in [6.07, 6.45) is 6.88. The molecule has 2 fully saturated rings. The molecule has 17 heavy (non-hydrogen) atoms. The first-order valence-corrected chi connectivity index (χ1v) is 8.57. The highest BCUT2D eigenvalue weighted by Crippen LogP contribution is 2.23. The van der Waals surface area contributed by atoms with Crippen LogP contribution in [0.5, 0.6) is 0 Å². The number of thioether (sulfide) groups is 1. The molecule has 1 N–H and O–H groups in total. The Morgan fingerprint density at radius 2 is 2.18 bits per heavy atom. The zero-order chi connectivity index (χ0) is 11.9. The van der Waals surface area contributed by atoms with E-state index < -0.39 is 0 Å². The van der Waals surface area contributed by atoms with E-state index in [1.54, 1.807) is 0 Å². The first-order chi connectivity index (χ1) is 8.38. The summed E-state index contributed by atoms with van der Waals surface area (Å²) >= 11 is 2.13. The van der Waals surface area contributed by atoms with Gasteiger partial charge in [0.2, 0.25) is 0 Å². The maximum absolute atomic E-state index is 3.83. The van der Waals surface area contributed by atoms with Gasteiger partial charge >= 0.3 is 0 Å². The van der Waals surface area contributed by atoms with Crippen LogP contribution in [0.1, 0.15) is 39.0 Å². The number of rotatable bonds is 5. The van der Waals surface area contributed by atoms with E-state index in [0.717, 1.165) is 12.0 Å². The van der Waals surface area contributed by atoms with Crippen LogP contribution in [0.3, 0.4) is 0 Å². The van der Waals surface area contributed by atoms with Crippen molar-refractivity contribution >= 4 is 11.8 Å². The topological polar surface area (TPSA) is 15.3 Å². The van der Waals surface area contributed by atoms with Crippen molar-refractivity contribution < 1.29 is 0 Å². The first kappa shape index (κ1) is 13.7. The number of likely N-dealkylation sites (tertiary alicyclic amines) is 1. The predicted octanol–water partition coefficient (Wildman–Crippen LogP) is 2.59. The van der Waals surface area contributed by atoms with Crippen LogP contribution in [0, 0.1) is 5.92 Å². The summed E-state index contributed by atoms with van der Waals surface area (Å²) in [6, 6.07) is 0.794. The van der Waals surface area contributed by atoms with Crippen LogP contribution in [0.4, 0.5) is 0 Å². The summed E-state index contributed by atoms with van der Waals surface area (Å²) in [4.78, 5) is 2.65. The molecule has 3 heteroatoms. The van der Waals surface area contributed by atoms with Crippen LogP contribution in [-0.4, -0.2) is 48.6 Å². The van der Waals surface area contributed by atoms with Crippen molar-refractivity contribution in [2.24, 2.45) is 5.92 Å². The molecule has 2 heterocycles. The molecule has 2 aliphatic rings. The fourth-order valence-electron chi connectivity index (χ4n) is 2.98. The van der Waals surface area contributed by atoms with Gasteiger partial charge in [-0.15, -0.1) is 0 Å². The van der Waals surface area contributed by atoms with Crippen LogP contribution < -0.4 is 5.32 Å². The molecule has 2 rings (SSSR count). The van der Waals surface area contributed by atoms with E-state index in [2.05, 4.69) is 28.9 Å². The van der Waals surface area contributed by atoms with Crippen molar-refractivity contribution in [3.63, 3.8) is 0 Å². The van der Waals surface area contributed by atoms with Crippen LogP contribution in [0.25, 0.3) is 0 Å². The average Bonchev–Trinajstić information content (AvgIpc) is 2.75. The van der Waals surface area contributed by atoms with Crippen molar-refractivity contribution in [2.45, 2.75) is 45.1 Å². The third-order valence-electron chi connectivity index (χ3n) is 4.08. The maximum atomic E-state index is 3.83. The van der Waals surface area contributed by atoms with E-state index >= 15 is 0 Å². The summed E-state index contributed by atoms with van der Waals surface area (Å²) in [5, 5.41) is 3.83. The number of nitrogens with one attached hydrogen (secondary N) is 1. The molecule has 0 aromatic carbocycles. The van der Waals surface area contributed by atoms with Gasteiger partial charge in [-0.3, -0.25) is 0 Å². The van der Waals surface area contributed by atoms with Crippen molar-refractivity contribution in [3.8, 4) is 0 Å². The maximum Gasteiger partial charge on any atom is 0.00798 e. The smallest absolute Gasteiger partial charge is 0.00798 e. The van der Waals surface area contributed by atoms with Crippen LogP contribution in [0.2, 0.25) is 0 Å². The molecular weight excluding hydrogens is 228 g/mol. The molecule has 0 aromatic rings. The standard InChI is InChI=1S/C14H28N2S/c1-2-7-16-8-3-4-14(5-9-16)15-11-13-6-10-17-12-13/h13-15H,2-12H2,1H3. The van der Waals surface area contributed by atoms with Gasteiger partial charge in [0.15, 0.2) is 0 Å². The number of hydrogen-bond donors (Lipinski definition) is 1. The van der Waals surface area contributed by atoms with E-state index in [9.17, 15) is 0 Å². The molecule has 0 radical (unpaired) electrons. The van der Waals surface area contributed by atoms with Crippen molar-refractivity contribution in [1.82, 2.24) is 10.2 Å². The van der Waals surface area contributed by atoms with E-state index in [4.69, 9.17) is 0 Å². The number of hydrogen-bond acceptors (Lipinski definition) is 3. The molecule has 0 aromatic heterocycles. The summed E-state index contributed by atoms with van der Waals surface area (Å²) < 4.78 is 0. The molecule has 0 amide bonds. The molecule has 2 unspecified atom stereocenters. The van der Waals surface area contributed by atoms with Gasteiger partial charge in [-0.2, -0.15) is 11.8 Å². The second kappa shape index (κ2) is 7.65. The van der Waals surface area contributed by atoms with E-state index in [1.165, 1.54) is 69.8 Å². The third-order valence-corrected chi connectivity index (χ3v) is 5.31. The number of nitrogens with zero attached hydrogens (tertiary/aromatic N) is 1. The minimum Gasteiger partial charge on any atom is -0.314 e. The van der Waals surface area contributed by atoms with E-state index in [1.807, 2.05) is 0 Å². The fourth-order valence-corrected chi connectivity index (χ4v) is 4.26. The quantitative estimate of drug-likeness (QED) is 0.814. The Bertz CT molecular complexity index is 204. The summed E-state index contributed by atoms with van der Waals surface area (Å²) in [7, 11) is 0. The zero-order valence-electron chi connectivity index (χ0n) is 11.3. The lowest BCUT2D eigenvalue weighted by Crippen LogP contribution is -2.34. The fraction of sp³-hybridized carbons (Fsp3) is 1.00. The summed E-state index contributed by atoms with van der Waals surface area (Å²) in [5.41, 5.74) is 0. The van der Waals surface area contributed by atoms with Gasteiger partial charge in [0, 0.05) is 6.04 Å². The normalized spacial score (nSPS) is 31.6. The van der Waals surface area contributed by atoms with E-state index in [-0.39, 0.29) is 0 Å². The highest BCUT2D eigenvalue weighted by atomic mass is 32.2. The highest BCUT2D eigenvalue weighted by Gasteiger charge is 2.19. The van der Waals surface area contributed by atoms with Gasteiger partial charge < -0.3 is 10.2 Å². The molecule has 2 saturated heterocycles. The van der Waals surface area contributed by atoms with Gasteiger partial charge in [0.25, 0.3) is 0 Å². The summed E-state index contributed by atoms with van der Waals surface area (Å²) in [5.74, 6) is 3.73. The van der Waals surface area contributed by atoms with Crippen LogP contribution in [-0.2, 0) is 0 Å². The molecule has 0 aliphatic carbocycles. The monoisotopic (exact) mass is 256 g/mol. The average molecular weight is 256 g/mol. The molecule has 2 nitrogen and oxygen atoms in total. The molecular formula is C14H28N2S. The van der Waals surface area contributed by atoms with Crippen molar-refractivity contribution in [3.05, 3.63) is 0 Å². The molecule has 100 valence electrons. The lowest BCUT2D eigenvalue weighted by Gasteiger charge is -2.20. The molecule has 0 spiro atoms.